The summed E-state index contributed by atoms with van der Waals surface area (Å²) in [5.74, 6) is -0.589. The molecule has 9 nitrogen and oxygen atoms in total. The first-order chi connectivity index (χ1) is 19.5. The zero-order valence-electron chi connectivity index (χ0n) is 22.9. The standard InChI is InChI=1S/C29H32F3N7O2/c1-18-3-4-19(13-25(18)37-27(41)21-15-33-28(34-16-21)36-22-7-8-22)26(40)35-23-6-5-20(24(14-23)29(30,31)32)17-39-11-9-38(2)10-12-39/h3-6,13-16,22H,7-12,17H2,1-2H3,(H,35,40)(H,37,41)(H,33,34,36). The van der Waals surface area contributed by atoms with Crippen LogP contribution in [0.1, 0.15) is 50.2 Å². The van der Waals surface area contributed by atoms with E-state index in [-0.39, 0.29) is 28.9 Å². The molecule has 0 radical (unpaired) electrons. The monoisotopic (exact) mass is 567 g/mol. The third kappa shape index (κ3) is 7.39. The Hall–Kier alpha value is -4.03. The Morgan fingerprint density at radius 2 is 1.61 bits per heavy atom. The normalized spacial score (nSPS) is 16.3. The number of carbonyl (C=O) groups is 2. The Morgan fingerprint density at radius 1 is 0.927 bits per heavy atom. The molecule has 2 heterocycles. The molecule has 216 valence electrons. The summed E-state index contributed by atoms with van der Waals surface area (Å²) >= 11 is 0. The highest BCUT2D eigenvalue weighted by Crippen LogP contribution is 2.35. The molecule has 0 spiro atoms. The number of hydrogen-bond acceptors (Lipinski definition) is 7. The number of rotatable bonds is 8. The van der Waals surface area contributed by atoms with Gasteiger partial charge in [-0.2, -0.15) is 13.2 Å². The first-order valence-corrected chi connectivity index (χ1v) is 13.5. The molecule has 1 saturated carbocycles. The summed E-state index contributed by atoms with van der Waals surface area (Å²) < 4.78 is 41.9. The van der Waals surface area contributed by atoms with Gasteiger partial charge in [0.05, 0.1) is 11.1 Å². The fraction of sp³-hybridized carbons (Fsp3) is 0.379. The first kappa shape index (κ1) is 28.5. The second kappa shape index (κ2) is 11.8. The Bertz CT molecular complexity index is 1420. The van der Waals surface area contributed by atoms with E-state index in [1.165, 1.54) is 30.6 Å². The fourth-order valence-electron chi connectivity index (χ4n) is 4.53. The van der Waals surface area contributed by atoms with E-state index in [0.29, 0.717) is 36.3 Å². The number of halogens is 3. The number of aromatic nitrogens is 2. The number of nitrogens with one attached hydrogen (secondary N) is 3. The van der Waals surface area contributed by atoms with E-state index in [0.717, 1.165) is 32.0 Å². The Balaban J connectivity index is 1.27. The number of piperazine rings is 1. The zero-order chi connectivity index (χ0) is 29.1. The van der Waals surface area contributed by atoms with Crippen molar-refractivity contribution in [3.8, 4) is 0 Å². The van der Waals surface area contributed by atoms with Gasteiger partial charge in [-0.05, 0) is 62.2 Å². The van der Waals surface area contributed by atoms with Gasteiger partial charge in [-0.3, -0.25) is 14.5 Å². The summed E-state index contributed by atoms with van der Waals surface area (Å²) in [4.78, 5) is 38.3. The van der Waals surface area contributed by atoms with Crippen LogP contribution in [0.5, 0.6) is 0 Å². The third-order valence-electron chi connectivity index (χ3n) is 7.24. The number of benzene rings is 2. The molecule has 0 bridgehead atoms. The molecular formula is C29H32F3N7O2. The van der Waals surface area contributed by atoms with Crippen molar-refractivity contribution < 1.29 is 22.8 Å². The topological polar surface area (TPSA) is 102 Å². The van der Waals surface area contributed by atoms with Crippen molar-refractivity contribution in [2.24, 2.45) is 0 Å². The van der Waals surface area contributed by atoms with Gasteiger partial charge in [0.25, 0.3) is 11.8 Å². The number of alkyl halides is 3. The molecule has 41 heavy (non-hydrogen) atoms. The second-order valence-corrected chi connectivity index (χ2v) is 10.6. The van der Waals surface area contributed by atoms with Crippen LogP contribution < -0.4 is 16.0 Å². The lowest BCUT2D eigenvalue weighted by molar-refractivity contribution is -0.138. The number of anilines is 3. The molecule has 5 rings (SSSR count). The van der Waals surface area contributed by atoms with E-state index in [1.807, 2.05) is 11.9 Å². The fourth-order valence-corrected chi connectivity index (χ4v) is 4.53. The van der Waals surface area contributed by atoms with Crippen LogP contribution >= 0.6 is 0 Å². The average molecular weight is 568 g/mol. The lowest BCUT2D eigenvalue weighted by atomic mass is 10.0. The molecule has 1 aliphatic carbocycles. The van der Waals surface area contributed by atoms with Crippen LogP contribution in [0.25, 0.3) is 0 Å². The van der Waals surface area contributed by atoms with Crippen molar-refractivity contribution in [2.45, 2.75) is 38.5 Å². The molecule has 1 aliphatic heterocycles. The van der Waals surface area contributed by atoms with Gasteiger partial charge in [0.15, 0.2) is 0 Å². The molecule has 12 heteroatoms. The van der Waals surface area contributed by atoms with Gasteiger partial charge < -0.3 is 20.9 Å². The summed E-state index contributed by atoms with van der Waals surface area (Å²) in [6.07, 6.45) is 0.413. The maximum atomic E-state index is 14.0. The Kier molecular flexibility index (Phi) is 8.22. The minimum atomic E-state index is -4.57. The third-order valence-corrected chi connectivity index (χ3v) is 7.24. The van der Waals surface area contributed by atoms with Gasteiger partial charge in [-0.25, -0.2) is 9.97 Å². The zero-order valence-corrected chi connectivity index (χ0v) is 22.9. The molecule has 1 aromatic heterocycles. The van der Waals surface area contributed by atoms with Crippen molar-refractivity contribution in [2.75, 3.05) is 49.2 Å². The van der Waals surface area contributed by atoms with Crippen molar-refractivity contribution in [3.63, 3.8) is 0 Å². The summed E-state index contributed by atoms with van der Waals surface area (Å²) in [5.41, 5.74) is 0.954. The van der Waals surface area contributed by atoms with Crippen LogP contribution in [0.4, 0.5) is 30.5 Å². The van der Waals surface area contributed by atoms with E-state index in [9.17, 15) is 22.8 Å². The van der Waals surface area contributed by atoms with Gasteiger partial charge in [-0.1, -0.05) is 12.1 Å². The molecule has 1 saturated heterocycles. The first-order valence-electron chi connectivity index (χ1n) is 13.5. The molecule has 3 N–H and O–H groups in total. The van der Waals surface area contributed by atoms with Crippen molar-refractivity contribution in [1.82, 2.24) is 19.8 Å². The van der Waals surface area contributed by atoms with Crippen LogP contribution in [0.15, 0.2) is 48.8 Å². The number of likely N-dealkylation sites (N-methyl/N-ethyl adjacent to an activating group) is 1. The predicted molar refractivity (Wildman–Crippen MR) is 150 cm³/mol. The van der Waals surface area contributed by atoms with Crippen LogP contribution in [-0.2, 0) is 12.7 Å². The maximum absolute atomic E-state index is 14.0. The average Bonchev–Trinajstić information content (AvgIpc) is 3.76. The summed E-state index contributed by atoms with van der Waals surface area (Å²) in [7, 11) is 1.99. The molecular weight excluding hydrogens is 535 g/mol. The van der Waals surface area contributed by atoms with Crippen LogP contribution in [0, 0.1) is 6.92 Å². The minimum absolute atomic E-state index is 0.0349. The molecule has 2 aromatic carbocycles. The van der Waals surface area contributed by atoms with Gasteiger partial charge in [0, 0.05) is 68.1 Å². The lowest BCUT2D eigenvalue weighted by Crippen LogP contribution is -2.44. The minimum Gasteiger partial charge on any atom is -0.351 e. The molecule has 0 atom stereocenters. The molecule has 2 amide bonds. The maximum Gasteiger partial charge on any atom is 0.416 e. The number of nitrogens with zero attached hydrogens (tertiary/aromatic N) is 4. The highest BCUT2D eigenvalue weighted by molar-refractivity contribution is 6.07. The highest BCUT2D eigenvalue weighted by atomic mass is 19.4. The molecule has 2 fully saturated rings. The van der Waals surface area contributed by atoms with Crippen LogP contribution in [0.2, 0.25) is 0 Å². The summed E-state index contributed by atoms with van der Waals surface area (Å²) in [6, 6.07) is 8.95. The number of amides is 2. The summed E-state index contributed by atoms with van der Waals surface area (Å²) in [6.45, 7) is 4.93. The lowest BCUT2D eigenvalue weighted by Gasteiger charge is -2.33. The van der Waals surface area contributed by atoms with Gasteiger partial charge in [-0.15, -0.1) is 0 Å². The smallest absolute Gasteiger partial charge is 0.351 e. The van der Waals surface area contributed by atoms with E-state index in [1.54, 1.807) is 19.1 Å². The van der Waals surface area contributed by atoms with E-state index in [4.69, 9.17) is 0 Å². The number of aryl methyl sites for hydroxylation is 1. The Morgan fingerprint density at radius 3 is 2.27 bits per heavy atom. The molecule has 3 aromatic rings. The van der Waals surface area contributed by atoms with Crippen molar-refractivity contribution >= 4 is 29.1 Å². The van der Waals surface area contributed by atoms with E-state index in [2.05, 4.69) is 30.8 Å². The quantitative estimate of drug-likeness (QED) is 0.365. The number of carbonyl (C=O) groups excluding carboxylic acids is 2. The predicted octanol–water partition coefficient (Wildman–Crippen LogP) is 4.63. The molecule has 2 aliphatic rings. The van der Waals surface area contributed by atoms with Crippen LogP contribution in [-0.4, -0.2) is 70.9 Å². The van der Waals surface area contributed by atoms with Crippen molar-refractivity contribution in [1.29, 1.82) is 0 Å². The van der Waals surface area contributed by atoms with Gasteiger partial charge >= 0.3 is 6.18 Å². The Labute approximate surface area is 236 Å². The second-order valence-electron chi connectivity index (χ2n) is 10.6. The van der Waals surface area contributed by atoms with Gasteiger partial charge in [0.1, 0.15) is 0 Å². The van der Waals surface area contributed by atoms with Crippen LogP contribution in [0.3, 0.4) is 0 Å². The molecule has 0 unspecified atom stereocenters. The van der Waals surface area contributed by atoms with Gasteiger partial charge in [0.2, 0.25) is 5.95 Å². The number of hydrogen-bond donors (Lipinski definition) is 3. The van der Waals surface area contributed by atoms with E-state index < -0.39 is 23.6 Å². The summed E-state index contributed by atoms with van der Waals surface area (Å²) in [5, 5.41) is 8.48. The SMILES string of the molecule is Cc1ccc(C(=O)Nc2ccc(CN3CCN(C)CC3)c(C(F)(F)F)c2)cc1NC(=O)c1cnc(NC2CC2)nc1. The van der Waals surface area contributed by atoms with E-state index >= 15 is 0 Å². The largest absolute Gasteiger partial charge is 0.416 e. The highest BCUT2D eigenvalue weighted by Gasteiger charge is 2.34. The van der Waals surface area contributed by atoms with Crippen molar-refractivity contribution in [3.05, 3.63) is 76.6 Å².